The third-order valence-corrected chi connectivity index (χ3v) is 7.43. The highest BCUT2D eigenvalue weighted by Gasteiger charge is 2.28. The largest absolute Gasteiger partial charge is 0.361 e. The average molecular weight is 424 g/mol. The Morgan fingerprint density at radius 1 is 1.20 bits per heavy atom. The van der Waals surface area contributed by atoms with Crippen LogP contribution in [0.1, 0.15) is 24.4 Å². The molecule has 0 spiro atoms. The summed E-state index contributed by atoms with van der Waals surface area (Å²) in [7, 11) is -1.65. The summed E-state index contributed by atoms with van der Waals surface area (Å²) in [6, 6.07) is 11.1. The first-order chi connectivity index (χ1) is 14.5. The van der Waals surface area contributed by atoms with E-state index in [9.17, 15) is 8.42 Å². The lowest BCUT2D eigenvalue weighted by Gasteiger charge is -2.27. The molecule has 1 aliphatic rings. The molecule has 0 unspecified atom stereocenters. The second kappa shape index (κ2) is 7.54. The summed E-state index contributed by atoms with van der Waals surface area (Å²) < 4.78 is 31.0. The van der Waals surface area contributed by atoms with Crippen molar-refractivity contribution in [1.29, 1.82) is 0 Å². The third-order valence-electron chi connectivity index (χ3n) is 6.01. The summed E-state index contributed by atoms with van der Waals surface area (Å²) >= 11 is 0. The minimum absolute atomic E-state index is 0.0376. The summed E-state index contributed by atoms with van der Waals surface area (Å²) in [4.78, 5) is 10.2. The molecule has 1 aromatic carbocycles. The summed E-state index contributed by atoms with van der Waals surface area (Å²) in [5.74, 6) is 0. The van der Waals surface area contributed by atoms with E-state index in [0.29, 0.717) is 6.54 Å². The van der Waals surface area contributed by atoms with Gasteiger partial charge in [0.2, 0.25) is 10.0 Å². The molecular weight excluding hydrogens is 398 g/mol. The Balaban J connectivity index is 1.46. The molecule has 0 saturated carbocycles. The van der Waals surface area contributed by atoms with E-state index in [4.69, 9.17) is 0 Å². The highest BCUT2D eigenvalue weighted by molar-refractivity contribution is 7.89. The first-order valence-corrected chi connectivity index (χ1v) is 11.7. The van der Waals surface area contributed by atoms with Crippen LogP contribution in [0.5, 0.6) is 0 Å². The number of nitrogens with one attached hydrogen (secondary N) is 2. The normalized spacial score (nSPS) is 16.6. The molecule has 0 radical (unpaired) electrons. The number of fused-ring (bicyclic) bond motifs is 2. The molecule has 5 rings (SSSR count). The fourth-order valence-electron chi connectivity index (χ4n) is 4.46. The number of aromatic nitrogens is 3. The molecule has 3 aromatic heterocycles. The van der Waals surface area contributed by atoms with Crippen molar-refractivity contribution in [3.63, 3.8) is 0 Å². The number of pyridine rings is 1. The molecule has 4 heterocycles. The summed E-state index contributed by atoms with van der Waals surface area (Å²) in [6.07, 6.45) is 7.95. The van der Waals surface area contributed by atoms with Crippen LogP contribution in [0.3, 0.4) is 0 Å². The molecule has 1 aliphatic heterocycles. The van der Waals surface area contributed by atoms with Gasteiger partial charge >= 0.3 is 0 Å². The van der Waals surface area contributed by atoms with Gasteiger partial charge in [0.25, 0.3) is 0 Å². The zero-order chi connectivity index (χ0) is 20.7. The van der Waals surface area contributed by atoms with Crippen molar-refractivity contribution in [3.8, 4) is 0 Å². The van der Waals surface area contributed by atoms with Crippen molar-refractivity contribution >= 4 is 32.0 Å². The molecule has 0 amide bonds. The van der Waals surface area contributed by atoms with Gasteiger partial charge in [0, 0.05) is 43.1 Å². The number of hydrogen-bond acceptors (Lipinski definition) is 4. The lowest BCUT2D eigenvalue weighted by molar-refractivity contribution is 0.247. The van der Waals surface area contributed by atoms with Crippen LogP contribution >= 0.6 is 0 Å². The van der Waals surface area contributed by atoms with Crippen LogP contribution < -0.4 is 4.72 Å². The standard InChI is InChI=1S/C22H25N5O2S/c1-26-15-19(18-5-4-9-24-22(18)26)21(27-11-2-3-12-27)14-25-30(28,29)17-7-6-16-8-10-23-20(16)13-17/h4-10,13,15,21,23,25H,2-3,11-12,14H2,1H3/t21-/m0/s1. The maximum absolute atomic E-state index is 13.1. The Morgan fingerprint density at radius 3 is 2.87 bits per heavy atom. The predicted octanol–water partition coefficient (Wildman–Crippen LogP) is 3.17. The first kappa shape index (κ1) is 19.3. The smallest absolute Gasteiger partial charge is 0.240 e. The number of rotatable bonds is 6. The van der Waals surface area contributed by atoms with Gasteiger partial charge in [-0.2, -0.15) is 0 Å². The van der Waals surface area contributed by atoms with Gasteiger partial charge in [0.1, 0.15) is 5.65 Å². The quantitative estimate of drug-likeness (QED) is 0.499. The summed E-state index contributed by atoms with van der Waals surface area (Å²) in [5, 5.41) is 2.07. The lowest BCUT2D eigenvalue weighted by atomic mass is 10.1. The van der Waals surface area contributed by atoms with E-state index in [0.717, 1.165) is 53.4 Å². The molecule has 156 valence electrons. The fraction of sp³-hybridized carbons (Fsp3) is 0.318. The predicted molar refractivity (Wildman–Crippen MR) is 118 cm³/mol. The summed E-state index contributed by atoms with van der Waals surface area (Å²) in [5.41, 5.74) is 2.84. The zero-order valence-electron chi connectivity index (χ0n) is 16.9. The Labute approximate surface area is 175 Å². The molecule has 1 fully saturated rings. The van der Waals surface area contributed by atoms with E-state index in [-0.39, 0.29) is 10.9 Å². The number of likely N-dealkylation sites (tertiary alicyclic amines) is 1. The van der Waals surface area contributed by atoms with Crippen molar-refractivity contribution in [1.82, 2.24) is 24.2 Å². The molecule has 8 heteroatoms. The van der Waals surface area contributed by atoms with Gasteiger partial charge in [-0.1, -0.05) is 6.07 Å². The highest BCUT2D eigenvalue weighted by Crippen LogP contribution is 2.31. The molecule has 0 aliphatic carbocycles. The van der Waals surface area contributed by atoms with Gasteiger partial charge in [0.15, 0.2) is 0 Å². The van der Waals surface area contributed by atoms with E-state index >= 15 is 0 Å². The zero-order valence-corrected chi connectivity index (χ0v) is 17.7. The van der Waals surface area contributed by atoms with E-state index in [1.54, 1.807) is 18.3 Å². The molecular formula is C22H25N5O2S. The average Bonchev–Trinajstić information content (AvgIpc) is 3.49. The SMILES string of the molecule is Cn1cc([C@H](CNS(=O)(=O)c2ccc3cc[nH]c3c2)N2CCCC2)c2cccnc21. The van der Waals surface area contributed by atoms with E-state index in [1.807, 2.05) is 36.0 Å². The van der Waals surface area contributed by atoms with E-state index < -0.39 is 10.0 Å². The van der Waals surface area contributed by atoms with Crippen molar-refractivity contribution < 1.29 is 8.42 Å². The van der Waals surface area contributed by atoms with Gasteiger partial charge in [-0.3, -0.25) is 4.90 Å². The Hall–Kier alpha value is -2.68. The van der Waals surface area contributed by atoms with Crippen molar-refractivity contribution in [2.45, 2.75) is 23.8 Å². The number of nitrogens with zero attached hydrogens (tertiary/aromatic N) is 3. The van der Waals surface area contributed by atoms with Crippen LogP contribution in [0, 0.1) is 0 Å². The van der Waals surface area contributed by atoms with Crippen molar-refractivity contribution in [3.05, 3.63) is 60.6 Å². The van der Waals surface area contributed by atoms with E-state index in [1.165, 1.54) is 0 Å². The second-order valence-electron chi connectivity index (χ2n) is 7.91. The first-order valence-electron chi connectivity index (χ1n) is 10.2. The summed E-state index contributed by atoms with van der Waals surface area (Å²) in [6.45, 7) is 2.26. The molecule has 30 heavy (non-hydrogen) atoms. The maximum atomic E-state index is 13.1. The number of H-pyrrole nitrogens is 1. The number of aryl methyl sites for hydroxylation is 1. The Kier molecular flexibility index (Phi) is 4.85. The number of hydrogen-bond donors (Lipinski definition) is 2. The number of sulfonamides is 1. The van der Waals surface area contributed by atoms with Crippen LogP contribution in [0.15, 0.2) is 59.9 Å². The fourth-order valence-corrected chi connectivity index (χ4v) is 5.53. The van der Waals surface area contributed by atoms with Crippen LogP contribution in [0.4, 0.5) is 0 Å². The molecule has 2 N–H and O–H groups in total. The molecule has 7 nitrogen and oxygen atoms in total. The molecule has 1 atom stereocenters. The van der Waals surface area contributed by atoms with Gasteiger partial charge < -0.3 is 9.55 Å². The van der Waals surface area contributed by atoms with Crippen LogP contribution in [-0.4, -0.2) is 47.5 Å². The minimum Gasteiger partial charge on any atom is -0.361 e. The monoisotopic (exact) mass is 423 g/mol. The minimum atomic E-state index is -3.63. The Bertz CT molecular complexity index is 1300. The van der Waals surface area contributed by atoms with Gasteiger partial charge in [-0.25, -0.2) is 18.1 Å². The van der Waals surface area contributed by atoms with Gasteiger partial charge in [0.05, 0.1) is 10.9 Å². The molecule has 4 aromatic rings. The topological polar surface area (TPSA) is 83.0 Å². The molecule has 0 bridgehead atoms. The maximum Gasteiger partial charge on any atom is 0.240 e. The van der Waals surface area contributed by atoms with Crippen LogP contribution in [0.25, 0.3) is 21.9 Å². The molecule has 1 saturated heterocycles. The Morgan fingerprint density at radius 2 is 2.03 bits per heavy atom. The van der Waals surface area contributed by atoms with Gasteiger partial charge in [-0.15, -0.1) is 0 Å². The van der Waals surface area contributed by atoms with Gasteiger partial charge in [-0.05, 0) is 67.2 Å². The number of benzene rings is 1. The highest BCUT2D eigenvalue weighted by atomic mass is 32.2. The van der Waals surface area contributed by atoms with Crippen molar-refractivity contribution in [2.75, 3.05) is 19.6 Å². The van der Waals surface area contributed by atoms with E-state index in [2.05, 4.69) is 31.9 Å². The number of aromatic amines is 1. The van der Waals surface area contributed by atoms with Crippen LogP contribution in [-0.2, 0) is 17.1 Å². The second-order valence-corrected chi connectivity index (χ2v) is 9.67. The van der Waals surface area contributed by atoms with Crippen LogP contribution in [0.2, 0.25) is 0 Å². The third kappa shape index (κ3) is 3.40. The van der Waals surface area contributed by atoms with Crippen molar-refractivity contribution in [2.24, 2.45) is 7.05 Å². The lowest BCUT2D eigenvalue weighted by Crippen LogP contribution is -2.36.